The van der Waals surface area contributed by atoms with Crippen LogP contribution in [0.1, 0.15) is 38.5 Å². The van der Waals surface area contributed by atoms with Crippen molar-refractivity contribution in [3.05, 3.63) is 17.3 Å². The van der Waals surface area contributed by atoms with Gasteiger partial charge in [-0.2, -0.15) is 4.98 Å². The average molecular weight is 299 g/mol. The number of anilines is 1. The Morgan fingerprint density at radius 1 is 1.25 bits per heavy atom. The highest BCUT2D eigenvalue weighted by molar-refractivity contribution is 6.28. The summed E-state index contributed by atoms with van der Waals surface area (Å²) in [6.07, 6.45) is 8.30. The van der Waals surface area contributed by atoms with E-state index in [0.717, 1.165) is 19.0 Å². The first-order valence-electron chi connectivity index (χ1n) is 7.41. The molecule has 0 spiro atoms. The topological polar surface area (TPSA) is 41.1 Å². The molecule has 20 heavy (non-hydrogen) atoms. The molecule has 1 aromatic rings. The first-order valence-corrected chi connectivity index (χ1v) is 7.79. The summed E-state index contributed by atoms with van der Waals surface area (Å²) in [6.45, 7) is 2.43. The molecule has 4 nitrogen and oxygen atoms in total. The highest BCUT2D eigenvalue weighted by Gasteiger charge is 2.28. The smallest absolute Gasteiger partial charge is 0.224 e. The molecule has 110 valence electrons. The molecular formula is C14H20ClFN4. The van der Waals surface area contributed by atoms with Crippen LogP contribution in [0.2, 0.25) is 5.28 Å². The van der Waals surface area contributed by atoms with Crippen LogP contribution in [-0.2, 0) is 0 Å². The van der Waals surface area contributed by atoms with Crippen molar-refractivity contribution in [2.24, 2.45) is 0 Å². The van der Waals surface area contributed by atoms with E-state index in [1.54, 1.807) is 0 Å². The maximum atomic E-state index is 13.7. The Morgan fingerprint density at radius 3 is 2.85 bits per heavy atom. The van der Waals surface area contributed by atoms with Crippen LogP contribution in [0, 0.1) is 5.82 Å². The summed E-state index contributed by atoms with van der Waals surface area (Å²) in [6, 6.07) is 0.902. The van der Waals surface area contributed by atoms with Crippen LogP contribution in [0.3, 0.4) is 0 Å². The summed E-state index contributed by atoms with van der Waals surface area (Å²) in [5, 5.41) is 3.29. The van der Waals surface area contributed by atoms with Crippen molar-refractivity contribution in [2.75, 3.05) is 18.4 Å². The molecule has 3 rings (SSSR count). The van der Waals surface area contributed by atoms with Gasteiger partial charge in [0.2, 0.25) is 5.28 Å². The van der Waals surface area contributed by atoms with Crippen molar-refractivity contribution >= 4 is 17.4 Å². The van der Waals surface area contributed by atoms with Gasteiger partial charge in [0, 0.05) is 12.1 Å². The molecule has 0 unspecified atom stereocenters. The highest BCUT2D eigenvalue weighted by Crippen LogP contribution is 2.28. The van der Waals surface area contributed by atoms with E-state index in [1.807, 2.05) is 0 Å². The van der Waals surface area contributed by atoms with Gasteiger partial charge in [0.25, 0.3) is 0 Å². The number of nitrogens with zero attached hydrogens (tertiary/aromatic N) is 3. The fourth-order valence-electron chi connectivity index (χ4n) is 3.37. The third-order valence-corrected chi connectivity index (χ3v) is 4.54. The quantitative estimate of drug-likeness (QED) is 0.871. The molecule has 1 aromatic heterocycles. The lowest BCUT2D eigenvalue weighted by atomic mass is 9.90. The SMILES string of the molecule is Fc1cnc(Cl)nc1N[C@H]1CCC[C@@H](N2CCCC2)C1. The van der Waals surface area contributed by atoms with Gasteiger partial charge in [0.1, 0.15) is 0 Å². The largest absolute Gasteiger partial charge is 0.365 e. The van der Waals surface area contributed by atoms with Crippen LogP contribution in [0.15, 0.2) is 6.20 Å². The molecule has 1 aliphatic heterocycles. The minimum Gasteiger partial charge on any atom is -0.365 e. The number of aromatic nitrogens is 2. The van der Waals surface area contributed by atoms with Gasteiger partial charge in [0.05, 0.1) is 6.20 Å². The van der Waals surface area contributed by atoms with Gasteiger partial charge in [-0.1, -0.05) is 0 Å². The van der Waals surface area contributed by atoms with Gasteiger partial charge in [-0.3, -0.25) is 0 Å². The molecule has 2 atom stereocenters. The van der Waals surface area contributed by atoms with Crippen LogP contribution in [0.4, 0.5) is 10.2 Å². The van der Waals surface area contributed by atoms with E-state index < -0.39 is 5.82 Å². The Morgan fingerprint density at radius 2 is 2.05 bits per heavy atom. The molecule has 1 saturated heterocycles. The van der Waals surface area contributed by atoms with Gasteiger partial charge in [-0.15, -0.1) is 0 Å². The number of hydrogen-bond acceptors (Lipinski definition) is 4. The molecule has 1 aliphatic carbocycles. The van der Waals surface area contributed by atoms with Crippen molar-refractivity contribution < 1.29 is 4.39 Å². The fourth-order valence-corrected chi connectivity index (χ4v) is 3.51. The Bertz CT molecular complexity index is 464. The van der Waals surface area contributed by atoms with Crippen molar-refractivity contribution in [3.63, 3.8) is 0 Å². The van der Waals surface area contributed by atoms with E-state index in [2.05, 4.69) is 20.2 Å². The van der Waals surface area contributed by atoms with Gasteiger partial charge in [0.15, 0.2) is 11.6 Å². The van der Waals surface area contributed by atoms with Gasteiger partial charge in [-0.25, -0.2) is 9.37 Å². The minimum absolute atomic E-state index is 0.0841. The van der Waals surface area contributed by atoms with Crippen LogP contribution in [0.25, 0.3) is 0 Å². The molecule has 2 heterocycles. The van der Waals surface area contributed by atoms with E-state index in [4.69, 9.17) is 11.6 Å². The molecule has 2 fully saturated rings. The zero-order chi connectivity index (χ0) is 13.9. The molecule has 2 aliphatic rings. The lowest BCUT2D eigenvalue weighted by Crippen LogP contribution is -2.40. The normalized spacial score (nSPS) is 27.7. The van der Waals surface area contributed by atoms with Crippen molar-refractivity contribution in [1.29, 1.82) is 0 Å². The van der Waals surface area contributed by atoms with E-state index in [0.29, 0.717) is 6.04 Å². The molecule has 0 aromatic carbocycles. The van der Waals surface area contributed by atoms with Crippen LogP contribution in [-0.4, -0.2) is 40.0 Å². The predicted molar refractivity (Wildman–Crippen MR) is 77.5 cm³/mol. The molecule has 0 radical (unpaired) electrons. The number of hydrogen-bond donors (Lipinski definition) is 1. The highest BCUT2D eigenvalue weighted by atomic mass is 35.5. The lowest BCUT2D eigenvalue weighted by molar-refractivity contribution is 0.184. The summed E-state index contributed by atoms with van der Waals surface area (Å²) in [5.41, 5.74) is 0. The third kappa shape index (κ3) is 3.20. The average Bonchev–Trinajstić information content (AvgIpc) is 2.97. The summed E-state index contributed by atoms with van der Waals surface area (Å²) >= 11 is 5.73. The maximum Gasteiger partial charge on any atom is 0.224 e. The summed E-state index contributed by atoms with van der Waals surface area (Å²) in [4.78, 5) is 10.2. The molecule has 1 saturated carbocycles. The van der Waals surface area contributed by atoms with Crippen molar-refractivity contribution in [1.82, 2.24) is 14.9 Å². The number of likely N-dealkylation sites (tertiary alicyclic amines) is 1. The predicted octanol–water partition coefficient (Wildman–Crippen LogP) is 3.09. The Balaban J connectivity index is 1.63. The lowest BCUT2D eigenvalue weighted by Gasteiger charge is -2.35. The second-order valence-electron chi connectivity index (χ2n) is 5.74. The minimum atomic E-state index is -0.433. The molecule has 6 heteroatoms. The first-order chi connectivity index (χ1) is 9.72. The summed E-state index contributed by atoms with van der Waals surface area (Å²) in [7, 11) is 0. The zero-order valence-electron chi connectivity index (χ0n) is 11.5. The Kier molecular flexibility index (Phi) is 4.36. The molecule has 1 N–H and O–H groups in total. The van der Waals surface area contributed by atoms with Crippen LogP contribution >= 0.6 is 11.6 Å². The van der Waals surface area contributed by atoms with E-state index >= 15 is 0 Å². The molecule has 0 bridgehead atoms. The zero-order valence-corrected chi connectivity index (χ0v) is 12.2. The fraction of sp³-hybridized carbons (Fsp3) is 0.714. The van der Waals surface area contributed by atoms with Crippen LogP contribution in [0.5, 0.6) is 0 Å². The standard InChI is InChI=1S/C14H20ClFN4/c15-14-17-9-12(16)13(19-14)18-10-4-3-5-11(8-10)20-6-1-2-7-20/h9-11H,1-8H2,(H,17,18,19)/t10-,11+/m0/s1. The molecular weight excluding hydrogens is 279 g/mol. The van der Waals surface area contributed by atoms with Crippen molar-refractivity contribution in [2.45, 2.75) is 50.6 Å². The Hall–Kier alpha value is -0.940. The van der Waals surface area contributed by atoms with Gasteiger partial charge >= 0.3 is 0 Å². The Labute approximate surface area is 123 Å². The van der Waals surface area contributed by atoms with E-state index in [-0.39, 0.29) is 17.1 Å². The van der Waals surface area contributed by atoms with Gasteiger partial charge in [-0.05, 0) is 63.2 Å². The molecule has 0 amide bonds. The van der Waals surface area contributed by atoms with Crippen molar-refractivity contribution in [3.8, 4) is 0 Å². The number of nitrogens with one attached hydrogen (secondary N) is 1. The van der Waals surface area contributed by atoms with Crippen LogP contribution < -0.4 is 5.32 Å². The summed E-state index contributed by atoms with van der Waals surface area (Å²) in [5.74, 6) is -0.199. The monoisotopic (exact) mass is 298 g/mol. The van der Waals surface area contributed by atoms with E-state index in [1.165, 1.54) is 38.8 Å². The first kappa shape index (κ1) is 14.0. The summed E-state index contributed by atoms with van der Waals surface area (Å²) < 4.78 is 13.7. The number of rotatable bonds is 3. The maximum absolute atomic E-state index is 13.7. The second-order valence-corrected chi connectivity index (χ2v) is 6.08. The van der Waals surface area contributed by atoms with E-state index in [9.17, 15) is 4.39 Å². The second kappa shape index (κ2) is 6.22. The van der Waals surface area contributed by atoms with Gasteiger partial charge < -0.3 is 10.2 Å². The third-order valence-electron chi connectivity index (χ3n) is 4.36. The number of halogens is 2.